The molecule has 0 saturated carbocycles. The second kappa shape index (κ2) is 8.62. The second-order valence-electron chi connectivity index (χ2n) is 7.89. The maximum Gasteiger partial charge on any atom is 0.237 e. The van der Waals surface area contributed by atoms with E-state index in [4.69, 9.17) is 0 Å². The quantitative estimate of drug-likeness (QED) is 0.647. The molecule has 1 unspecified atom stereocenters. The SMILES string of the molecule is Cc1ccc(C(C)n2cncc2CN2CCN(Cc3ccccc3)C(=O)C2)cc1. The number of aromatic nitrogens is 2. The Hall–Kier alpha value is -2.92. The van der Waals surface area contributed by atoms with Gasteiger partial charge in [0.25, 0.3) is 0 Å². The molecular formula is C24H28N4O. The van der Waals surface area contributed by atoms with Gasteiger partial charge in [-0.1, -0.05) is 60.2 Å². The van der Waals surface area contributed by atoms with Gasteiger partial charge in [0.05, 0.1) is 24.6 Å². The van der Waals surface area contributed by atoms with Gasteiger partial charge in [0, 0.05) is 32.4 Å². The maximum atomic E-state index is 12.7. The van der Waals surface area contributed by atoms with Crippen LogP contribution in [0.5, 0.6) is 0 Å². The first-order chi connectivity index (χ1) is 14.1. The molecule has 1 atom stereocenters. The van der Waals surface area contributed by atoms with Crippen molar-refractivity contribution in [3.8, 4) is 0 Å². The van der Waals surface area contributed by atoms with E-state index in [-0.39, 0.29) is 11.9 Å². The van der Waals surface area contributed by atoms with Crippen molar-refractivity contribution in [2.45, 2.75) is 33.0 Å². The first-order valence-corrected chi connectivity index (χ1v) is 10.2. The molecule has 2 aromatic carbocycles. The molecule has 3 aromatic rings. The van der Waals surface area contributed by atoms with E-state index >= 15 is 0 Å². The zero-order valence-electron chi connectivity index (χ0n) is 17.2. The van der Waals surface area contributed by atoms with Crippen molar-refractivity contribution in [2.75, 3.05) is 19.6 Å². The number of rotatable bonds is 6. The Morgan fingerprint density at radius 3 is 2.48 bits per heavy atom. The third-order valence-corrected chi connectivity index (χ3v) is 5.72. The fourth-order valence-corrected chi connectivity index (χ4v) is 3.90. The lowest BCUT2D eigenvalue weighted by atomic mass is 10.1. The van der Waals surface area contributed by atoms with Crippen LogP contribution in [0.2, 0.25) is 0 Å². The molecular weight excluding hydrogens is 360 g/mol. The van der Waals surface area contributed by atoms with Gasteiger partial charge in [-0.15, -0.1) is 0 Å². The highest BCUT2D eigenvalue weighted by Crippen LogP contribution is 2.21. The normalized spacial score (nSPS) is 16.2. The topological polar surface area (TPSA) is 41.4 Å². The van der Waals surface area contributed by atoms with Gasteiger partial charge in [0.1, 0.15) is 0 Å². The molecule has 150 valence electrons. The summed E-state index contributed by atoms with van der Waals surface area (Å²) in [6.45, 7) is 7.82. The summed E-state index contributed by atoms with van der Waals surface area (Å²) in [6, 6.07) is 19.0. The van der Waals surface area contributed by atoms with Crippen molar-refractivity contribution in [2.24, 2.45) is 0 Å². The van der Waals surface area contributed by atoms with E-state index in [2.05, 4.69) is 64.7 Å². The van der Waals surface area contributed by atoms with Crippen molar-refractivity contribution < 1.29 is 4.79 Å². The van der Waals surface area contributed by atoms with Gasteiger partial charge in [-0.2, -0.15) is 0 Å². The Morgan fingerprint density at radius 2 is 1.76 bits per heavy atom. The summed E-state index contributed by atoms with van der Waals surface area (Å²) in [7, 11) is 0. The van der Waals surface area contributed by atoms with Crippen LogP contribution in [-0.4, -0.2) is 44.9 Å². The number of hydrogen-bond acceptors (Lipinski definition) is 3. The highest BCUT2D eigenvalue weighted by molar-refractivity contribution is 5.79. The molecule has 2 heterocycles. The largest absolute Gasteiger partial charge is 0.336 e. The van der Waals surface area contributed by atoms with Crippen LogP contribution < -0.4 is 0 Å². The Balaban J connectivity index is 1.39. The Kier molecular flexibility index (Phi) is 5.76. The highest BCUT2D eigenvalue weighted by atomic mass is 16.2. The summed E-state index contributed by atoms with van der Waals surface area (Å²) >= 11 is 0. The first kappa shape index (κ1) is 19.4. The van der Waals surface area contributed by atoms with Crippen molar-refractivity contribution in [3.63, 3.8) is 0 Å². The number of carbonyl (C=O) groups is 1. The van der Waals surface area contributed by atoms with E-state index in [0.717, 1.165) is 25.3 Å². The van der Waals surface area contributed by atoms with E-state index in [1.807, 2.05) is 35.6 Å². The Bertz CT molecular complexity index is 949. The molecule has 5 heteroatoms. The summed E-state index contributed by atoms with van der Waals surface area (Å²) in [5, 5.41) is 0. The molecule has 1 fully saturated rings. The molecule has 1 aromatic heterocycles. The lowest BCUT2D eigenvalue weighted by Crippen LogP contribution is -2.49. The predicted octanol–water partition coefficient (Wildman–Crippen LogP) is 3.65. The zero-order valence-corrected chi connectivity index (χ0v) is 17.2. The summed E-state index contributed by atoms with van der Waals surface area (Å²) in [5.74, 6) is 0.192. The molecule has 0 N–H and O–H groups in total. The molecule has 1 aliphatic rings. The van der Waals surface area contributed by atoms with E-state index in [0.29, 0.717) is 13.1 Å². The number of imidazole rings is 1. The van der Waals surface area contributed by atoms with Gasteiger partial charge >= 0.3 is 0 Å². The fraction of sp³-hybridized carbons (Fsp3) is 0.333. The summed E-state index contributed by atoms with van der Waals surface area (Å²) in [4.78, 5) is 21.2. The molecule has 0 spiro atoms. The lowest BCUT2D eigenvalue weighted by molar-refractivity contribution is -0.136. The summed E-state index contributed by atoms with van der Waals surface area (Å²) < 4.78 is 2.21. The molecule has 1 saturated heterocycles. The number of hydrogen-bond donors (Lipinski definition) is 0. The van der Waals surface area contributed by atoms with Gasteiger partial charge in [-0.3, -0.25) is 9.69 Å². The molecule has 0 aliphatic carbocycles. The van der Waals surface area contributed by atoms with E-state index < -0.39 is 0 Å². The molecule has 1 aliphatic heterocycles. The zero-order chi connectivity index (χ0) is 20.2. The van der Waals surface area contributed by atoms with E-state index in [1.165, 1.54) is 16.7 Å². The number of amides is 1. The highest BCUT2D eigenvalue weighted by Gasteiger charge is 2.25. The van der Waals surface area contributed by atoms with Crippen molar-refractivity contribution in [3.05, 3.63) is 89.5 Å². The Morgan fingerprint density at radius 1 is 1.00 bits per heavy atom. The average Bonchev–Trinajstić information content (AvgIpc) is 3.19. The van der Waals surface area contributed by atoms with Crippen LogP contribution in [0.1, 0.15) is 35.3 Å². The van der Waals surface area contributed by atoms with Gasteiger partial charge in [-0.25, -0.2) is 4.98 Å². The number of nitrogens with zero attached hydrogens (tertiary/aromatic N) is 4. The number of aryl methyl sites for hydroxylation is 1. The minimum Gasteiger partial charge on any atom is -0.336 e. The maximum absolute atomic E-state index is 12.7. The number of carbonyl (C=O) groups excluding carboxylic acids is 1. The number of benzene rings is 2. The van der Waals surface area contributed by atoms with Crippen LogP contribution in [0.25, 0.3) is 0 Å². The Labute approximate surface area is 172 Å². The van der Waals surface area contributed by atoms with Crippen LogP contribution in [0.3, 0.4) is 0 Å². The average molecular weight is 389 g/mol. The van der Waals surface area contributed by atoms with Crippen molar-refractivity contribution in [1.29, 1.82) is 0 Å². The van der Waals surface area contributed by atoms with E-state index in [1.54, 1.807) is 0 Å². The van der Waals surface area contributed by atoms with Crippen LogP contribution >= 0.6 is 0 Å². The lowest BCUT2D eigenvalue weighted by Gasteiger charge is -2.34. The van der Waals surface area contributed by atoms with Crippen molar-refractivity contribution in [1.82, 2.24) is 19.4 Å². The minimum atomic E-state index is 0.192. The van der Waals surface area contributed by atoms with Crippen LogP contribution in [-0.2, 0) is 17.9 Å². The van der Waals surface area contributed by atoms with Crippen LogP contribution in [0.4, 0.5) is 0 Å². The van der Waals surface area contributed by atoms with E-state index in [9.17, 15) is 4.79 Å². The van der Waals surface area contributed by atoms with Gasteiger partial charge in [-0.05, 0) is 25.0 Å². The molecule has 4 rings (SSSR count). The van der Waals surface area contributed by atoms with Gasteiger partial charge in [0.2, 0.25) is 5.91 Å². The number of piperazine rings is 1. The van der Waals surface area contributed by atoms with Crippen LogP contribution in [0, 0.1) is 6.92 Å². The standard InChI is InChI=1S/C24H28N4O/c1-19-8-10-22(11-9-19)20(2)28-18-25-14-23(28)16-26-12-13-27(24(29)17-26)15-21-6-4-3-5-7-21/h3-11,14,18,20H,12-13,15-17H2,1-2H3. The van der Waals surface area contributed by atoms with Gasteiger partial charge in [0.15, 0.2) is 0 Å². The smallest absolute Gasteiger partial charge is 0.237 e. The third-order valence-electron chi connectivity index (χ3n) is 5.72. The monoisotopic (exact) mass is 388 g/mol. The first-order valence-electron chi connectivity index (χ1n) is 10.2. The van der Waals surface area contributed by atoms with Crippen molar-refractivity contribution >= 4 is 5.91 Å². The fourth-order valence-electron chi connectivity index (χ4n) is 3.90. The second-order valence-corrected chi connectivity index (χ2v) is 7.89. The molecule has 5 nitrogen and oxygen atoms in total. The predicted molar refractivity (Wildman–Crippen MR) is 114 cm³/mol. The minimum absolute atomic E-state index is 0.192. The third kappa shape index (κ3) is 4.57. The van der Waals surface area contributed by atoms with Crippen LogP contribution in [0.15, 0.2) is 67.1 Å². The summed E-state index contributed by atoms with van der Waals surface area (Å²) in [6.07, 6.45) is 3.82. The van der Waals surface area contributed by atoms with Gasteiger partial charge < -0.3 is 9.47 Å². The molecule has 29 heavy (non-hydrogen) atoms. The molecule has 1 amide bonds. The summed E-state index contributed by atoms with van der Waals surface area (Å²) in [5.41, 5.74) is 4.85. The molecule has 0 bridgehead atoms. The molecule has 0 radical (unpaired) electrons.